The summed E-state index contributed by atoms with van der Waals surface area (Å²) in [6.45, 7) is 2.86. The standard InChI is InChI=1S/C16H27N3OS/c1-21-13-4-2-3-9-18-16(20)15-6-5-12-19(15)14-7-10-17-11-8-14/h5-6,12,14,17H,2-4,7-11,13H2,1H3,(H,18,20). The van der Waals surface area contributed by atoms with E-state index in [1.165, 1.54) is 18.6 Å². The molecule has 0 spiro atoms. The smallest absolute Gasteiger partial charge is 0.267 e. The number of nitrogens with zero attached hydrogens (tertiary/aromatic N) is 1. The van der Waals surface area contributed by atoms with Gasteiger partial charge in [0, 0.05) is 18.8 Å². The van der Waals surface area contributed by atoms with Crippen LogP contribution in [0.5, 0.6) is 0 Å². The largest absolute Gasteiger partial charge is 0.351 e. The Hall–Kier alpha value is -0.940. The van der Waals surface area contributed by atoms with Crippen molar-refractivity contribution in [3.05, 3.63) is 24.0 Å². The fraction of sp³-hybridized carbons (Fsp3) is 0.688. The summed E-state index contributed by atoms with van der Waals surface area (Å²) in [4.78, 5) is 12.3. The van der Waals surface area contributed by atoms with Crippen molar-refractivity contribution in [1.82, 2.24) is 15.2 Å². The van der Waals surface area contributed by atoms with Crippen LogP contribution in [0.2, 0.25) is 0 Å². The number of hydrogen-bond donors (Lipinski definition) is 2. The molecule has 0 radical (unpaired) electrons. The molecule has 0 bridgehead atoms. The van der Waals surface area contributed by atoms with Crippen molar-refractivity contribution < 1.29 is 4.79 Å². The van der Waals surface area contributed by atoms with Crippen molar-refractivity contribution in [2.45, 2.75) is 38.1 Å². The number of piperidine rings is 1. The predicted molar refractivity (Wildman–Crippen MR) is 90.1 cm³/mol. The van der Waals surface area contributed by atoms with E-state index < -0.39 is 0 Å². The third-order valence-electron chi connectivity index (χ3n) is 4.02. The molecule has 1 aromatic rings. The van der Waals surface area contributed by atoms with Gasteiger partial charge in [-0.1, -0.05) is 6.42 Å². The van der Waals surface area contributed by atoms with Crippen LogP contribution in [-0.2, 0) is 0 Å². The molecule has 0 atom stereocenters. The molecule has 1 fully saturated rings. The fourth-order valence-corrected chi connectivity index (χ4v) is 3.32. The highest BCUT2D eigenvalue weighted by Crippen LogP contribution is 2.21. The summed E-state index contributed by atoms with van der Waals surface area (Å²) in [5.74, 6) is 1.29. The zero-order chi connectivity index (χ0) is 14.9. The molecule has 1 saturated heterocycles. The van der Waals surface area contributed by atoms with Crippen LogP contribution in [0.3, 0.4) is 0 Å². The number of thioether (sulfide) groups is 1. The van der Waals surface area contributed by atoms with E-state index in [0.717, 1.165) is 44.6 Å². The van der Waals surface area contributed by atoms with Crippen LogP contribution in [0.15, 0.2) is 18.3 Å². The number of carbonyl (C=O) groups is 1. The van der Waals surface area contributed by atoms with Gasteiger partial charge in [0.1, 0.15) is 5.69 Å². The maximum atomic E-state index is 12.3. The summed E-state index contributed by atoms with van der Waals surface area (Å²) in [5.41, 5.74) is 0.811. The number of rotatable bonds is 8. The van der Waals surface area contributed by atoms with Crippen LogP contribution in [0.4, 0.5) is 0 Å². The van der Waals surface area contributed by atoms with Crippen LogP contribution >= 0.6 is 11.8 Å². The van der Waals surface area contributed by atoms with Crippen molar-refractivity contribution in [2.24, 2.45) is 0 Å². The topological polar surface area (TPSA) is 46.1 Å². The van der Waals surface area contributed by atoms with Crippen molar-refractivity contribution in [2.75, 3.05) is 31.6 Å². The van der Waals surface area contributed by atoms with Gasteiger partial charge >= 0.3 is 0 Å². The number of carbonyl (C=O) groups excluding carboxylic acids is 1. The highest BCUT2D eigenvalue weighted by Gasteiger charge is 2.19. The summed E-state index contributed by atoms with van der Waals surface area (Å²) in [5, 5.41) is 6.43. The van der Waals surface area contributed by atoms with E-state index in [4.69, 9.17) is 0 Å². The Morgan fingerprint density at radius 3 is 2.95 bits per heavy atom. The third-order valence-corrected chi connectivity index (χ3v) is 4.72. The molecule has 1 aromatic heterocycles. The Balaban J connectivity index is 1.78. The molecule has 1 aliphatic heterocycles. The molecule has 0 aromatic carbocycles. The molecule has 0 unspecified atom stereocenters. The second-order valence-electron chi connectivity index (χ2n) is 5.59. The molecule has 2 heterocycles. The first-order chi connectivity index (χ1) is 10.3. The summed E-state index contributed by atoms with van der Waals surface area (Å²) >= 11 is 1.89. The maximum Gasteiger partial charge on any atom is 0.267 e. The van der Waals surface area contributed by atoms with E-state index in [-0.39, 0.29) is 5.91 Å². The van der Waals surface area contributed by atoms with Crippen LogP contribution in [-0.4, -0.2) is 42.1 Å². The van der Waals surface area contributed by atoms with Crippen molar-refractivity contribution in [3.8, 4) is 0 Å². The first-order valence-corrected chi connectivity index (χ1v) is 9.37. The first kappa shape index (κ1) is 16.4. The second kappa shape index (κ2) is 9.15. The minimum Gasteiger partial charge on any atom is -0.351 e. The summed E-state index contributed by atoms with van der Waals surface area (Å²) in [6.07, 6.45) is 9.88. The van der Waals surface area contributed by atoms with Gasteiger partial charge in [0.05, 0.1) is 0 Å². The molecule has 21 heavy (non-hydrogen) atoms. The molecule has 2 N–H and O–H groups in total. The molecular formula is C16H27N3OS. The summed E-state index contributed by atoms with van der Waals surface area (Å²) < 4.78 is 2.16. The normalized spacial score (nSPS) is 16.0. The fourth-order valence-electron chi connectivity index (χ4n) is 2.83. The Morgan fingerprint density at radius 1 is 1.38 bits per heavy atom. The molecule has 1 aliphatic rings. The average molecular weight is 309 g/mol. The van der Waals surface area contributed by atoms with Gasteiger partial charge < -0.3 is 15.2 Å². The van der Waals surface area contributed by atoms with Gasteiger partial charge in [-0.25, -0.2) is 0 Å². The molecule has 4 nitrogen and oxygen atoms in total. The van der Waals surface area contributed by atoms with Gasteiger partial charge in [0.15, 0.2) is 0 Å². The Kier molecular flexibility index (Phi) is 7.16. The highest BCUT2D eigenvalue weighted by molar-refractivity contribution is 7.98. The van der Waals surface area contributed by atoms with E-state index in [2.05, 4.69) is 21.5 Å². The van der Waals surface area contributed by atoms with Gasteiger partial charge in [-0.2, -0.15) is 11.8 Å². The Labute approximate surface area is 132 Å². The van der Waals surface area contributed by atoms with Gasteiger partial charge in [-0.05, 0) is 62.9 Å². The minimum absolute atomic E-state index is 0.0726. The molecule has 2 rings (SSSR count). The third kappa shape index (κ3) is 5.08. The number of hydrogen-bond acceptors (Lipinski definition) is 3. The maximum absolute atomic E-state index is 12.3. The van der Waals surface area contributed by atoms with E-state index in [0.29, 0.717) is 6.04 Å². The quantitative estimate of drug-likeness (QED) is 0.726. The number of unbranched alkanes of at least 4 members (excludes halogenated alkanes) is 2. The van der Waals surface area contributed by atoms with Crippen molar-refractivity contribution in [1.29, 1.82) is 0 Å². The van der Waals surface area contributed by atoms with Crippen LogP contribution < -0.4 is 10.6 Å². The zero-order valence-electron chi connectivity index (χ0n) is 12.9. The van der Waals surface area contributed by atoms with Gasteiger partial charge in [-0.15, -0.1) is 0 Å². The Morgan fingerprint density at radius 2 is 2.19 bits per heavy atom. The van der Waals surface area contributed by atoms with Crippen LogP contribution in [0.25, 0.3) is 0 Å². The van der Waals surface area contributed by atoms with E-state index in [1.807, 2.05) is 30.1 Å². The van der Waals surface area contributed by atoms with E-state index >= 15 is 0 Å². The lowest BCUT2D eigenvalue weighted by Crippen LogP contribution is -2.32. The molecule has 0 aliphatic carbocycles. The summed E-state index contributed by atoms with van der Waals surface area (Å²) in [7, 11) is 0. The SMILES string of the molecule is CSCCCCCNC(=O)c1cccn1C1CCNCC1. The van der Waals surface area contributed by atoms with Crippen LogP contribution in [0.1, 0.15) is 48.6 Å². The van der Waals surface area contributed by atoms with Crippen LogP contribution in [0, 0.1) is 0 Å². The van der Waals surface area contributed by atoms with Crippen molar-refractivity contribution in [3.63, 3.8) is 0 Å². The van der Waals surface area contributed by atoms with Gasteiger partial charge in [0.25, 0.3) is 5.91 Å². The van der Waals surface area contributed by atoms with Crippen molar-refractivity contribution >= 4 is 17.7 Å². The first-order valence-electron chi connectivity index (χ1n) is 7.97. The monoisotopic (exact) mass is 309 g/mol. The number of aromatic nitrogens is 1. The van der Waals surface area contributed by atoms with Gasteiger partial charge in [-0.3, -0.25) is 4.79 Å². The highest BCUT2D eigenvalue weighted by atomic mass is 32.2. The molecule has 118 valence electrons. The zero-order valence-corrected chi connectivity index (χ0v) is 13.8. The summed E-state index contributed by atoms with van der Waals surface area (Å²) in [6, 6.07) is 4.38. The lowest BCUT2D eigenvalue weighted by atomic mass is 10.1. The van der Waals surface area contributed by atoms with E-state index in [9.17, 15) is 4.79 Å². The molecule has 0 saturated carbocycles. The molecule has 1 amide bonds. The molecular weight excluding hydrogens is 282 g/mol. The number of amides is 1. The molecule has 5 heteroatoms. The minimum atomic E-state index is 0.0726. The second-order valence-corrected chi connectivity index (χ2v) is 6.58. The lowest BCUT2D eigenvalue weighted by Gasteiger charge is -2.25. The van der Waals surface area contributed by atoms with Gasteiger partial charge in [0.2, 0.25) is 0 Å². The lowest BCUT2D eigenvalue weighted by molar-refractivity contribution is 0.0940. The average Bonchev–Trinajstić information content (AvgIpc) is 3.01. The Bertz CT molecular complexity index is 427. The number of nitrogens with one attached hydrogen (secondary N) is 2. The predicted octanol–water partition coefficient (Wildman–Crippen LogP) is 2.68. The van der Waals surface area contributed by atoms with E-state index in [1.54, 1.807) is 0 Å².